The highest BCUT2D eigenvalue weighted by Crippen LogP contribution is 2.26. The number of rotatable bonds is 6. The molecular weight excluding hydrogens is 312 g/mol. The van der Waals surface area contributed by atoms with E-state index in [1.807, 2.05) is 12.1 Å². The van der Waals surface area contributed by atoms with Gasteiger partial charge in [0.1, 0.15) is 5.01 Å². The van der Waals surface area contributed by atoms with Crippen LogP contribution < -0.4 is 5.32 Å². The summed E-state index contributed by atoms with van der Waals surface area (Å²) in [4.78, 5) is 4.59. The Hall–Kier alpha value is -0.750. The molecule has 0 atom stereocenters. The van der Waals surface area contributed by atoms with Gasteiger partial charge in [0.15, 0.2) is 0 Å². The molecule has 0 bridgehead atoms. The maximum atomic E-state index is 8.68. The molecular formula is C13H15BrN2OS. The number of hydrogen-bond acceptors (Lipinski definition) is 4. The van der Waals surface area contributed by atoms with Gasteiger partial charge >= 0.3 is 0 Å². The van der Waals surface area contributed by atoms with E-state index >= 15 is 0 Å². The smallest absolute Gasteiger partial charge is 0.123 e. The lowest BCUT2D eigenvalue weighted by Gasteiger charge is -2.00. The van der Waals surface area contributed by atoms with Gasteiger partial charge in [-0.15, -0.1) is 11.3 Å². The maximum Gasteiger partial charge on any atom is 0.123 e. The quantitative estimate of drug-likeness (QED) is 0.802. The van der Waals surface area contributed by atoms with E-state index < -0.39 is 0 Å². The van der Waals surface area contributed by atoms with Crippen molar-refractivity contribution in [3.8, 4) is 10.6 Å². The Morgan fingerprint density at radius 2 is 2.28 bits per heavy atom. The molecule has 1 aromatic heterocycles. The molecule has 0 saturated carbocycles. The zero-order valence-electron chi connectivity index (χ0n) is 9.90. The number of halogens is 1. The lowest BCUT2D eigenvalue weighted by Crippen LogP contribution is -2.15. The van der Waals surface area contributed by atoms with Gasteiger partial charge in [-0.25, -0.2) is 4.98 Å². The first-order chi connectivity index (χ1) is 8.79. The van der Waals surface area contributed by atoms with Crippen molar-refractivity contribution in [2.75, 3.05) is 13.2 Å². The Morgan fingerprint density at radius 1 is 1.39 bits per heavy atom. The SMILES string of the molecule is OCCCNCc1csc(-c2cccc(Br)c2)n1. The van der Waals surface area contributed by atoms with Crippen molar-refractivity contribution in [2.24, 2.45) is 0 Å². The average molecular weight is 327 g/mol. The van der Waals surface area contributed by atoms with Gasteiger partial charge < -0.3 is 10.4 Å². The van der Waals surface area contributed by atoms with Crippen molar-refractivity contribution in [3.63, 3.8) is 0 Å². The van der Waals surface area contributed by atoms with Crippen LogP contribution in [0.15, 0.2) is 34.1 Å². The summed E-state index contributed by atoms with van der Waals surface area (Å²) < 4.78 is 1.07. The highest BCUT2D eigenvalue weighted by atomic mass is 79.9. The monoisotopic (exact) mass is 326 g/mol. The Labute approximate surface area is 119 Å². The molecule has 0 fully saturated rings. The fourth-order valence-corrected chi connectivity index (χ4v) is 2.78. The van der Waals surface area contributed by atoms with Crippen molar-refractivity contribution in [1.29, 1.82) is 0 Å². The summed E-state index contributed by atoms with van der Waals surface area (Å²) in [5, 5.41) is 15.0. The summed E-state index contributed by atoms with van der Waals surface area (Å²) in [6.45, 7) is 1.80. The van der Waals surface area contributed by atoms with Crippen molar-refractivity contribution in [3.05, 3.63) is 39.8 Å². The lowest BCUT2D eigenvalue weighted by molar-refractivity contribution is 0.286. The minimum Gasteiger partial charge on any atom is -0.396 e. The highest BCUT2D eigenvalue weighted by Gasteiger charge is 2.04. The molecule has 2 rings (SSSR count). The second-order valence-corrected chi connectivity index (χ2v) is 5.68. The largest absolute Gasteiger partial charge is 0.396 e. The molecule has 96 valence electrons. The third-order valence-corrected chi connectivity index (χ3v) is 3.87. The number of hydrogen-bond donors (Lipinski definition) is 2. The van der Waals surface area contributed by atoms with Gasteiger partial charge in [0.25, 0.3) is 0 Å². The van der Waals surface area contributed by atoms with Crippen LogP contribution in [0.1, 0.15) is 12.1 Å². The zero-order chi connectivity index (χ0) is 12.8. The van der Waals surface area contributed by atoms with Crippen LogP contribution in [0.3, 0.4) is 0 Å². The van der Waals surface area contributed by atoms with E-state index in [2.05, 4.69) is 43.7 Å². The van der Waals surface area contributed by atoms with E-state index in [1.54, 1.807) is 11.3 Å². The van der Waals surface area contributed by atoms with Crippen LogP contribution >= 0.6 is 27.3 Å². The van der Waals surface area contributed by atoms with Crippen LogP contribution in [0, 0.1) is 0 Å². The third kappa shape index (κ3) is 3.88. The van der Waals surface area contributed by atoms with Gasteiger partial charge in [0, 0.05) is 28.6 Å². The second kappa shape index (κ2) is 6.99. The van der Waals surface area contributed by atoms with Gasteiger partial charge in [0.05, 0.1) is 5.69 Å². The molecule has 5 heteroatoms. The molecule has 3 nitrogen and oxygen atoms in total. The minimum atomic E-state index is 0.230. The molecule has 0 aliphatic carbocycles. The number of nitrogens with one attached hydrogen (secondary N) is 1. The lowest BCUT2D eigenvalue weighted by atomic mass is 10.2. The fourth-order valence-electron chi connectivity index (χ4n) is 1.56. The van der Waals surface area contributed by atoms with Crippen LogP contribution in [0.4, 0.5) is 0 Å². The van der Waals surface area contributed by atoms with Gasteiger partial charge in [-0.05, 0) is 25.1 Å². The van der Waals surface area contributed by atoms with Crippen LogP contribution in [-0.2, 0) is 6.54 Å². The van der Waals surface area contributed by atoms with E-state index in [0.29, 0.717) is 0 Å². The number of benzene rings is 1. The molecule has 0 saturated heterocycles. The van der Waals surface area contributed by atoms with Gasteiger partial charge in [-0.2, -0.15) is 0 Å². The Balaban J connectivity index is 1.97. The second-order valence-electron chi connectivity index (χ2n) is 3.91. The highest BCUT2D eigenvalue weighted by molar-refractivity contribution is 9.10. The molecule has 0 spiro atoms. The summed E-state index contributed by atoms with van der Waals surface area (Å²) in [7, 11) is 0. The van der Waals surface area contributed by atoms with Crippen LogP contribution in [0.5, 0.6) is 0 Å². The number of nitrogens with zero attached hydrogens (tertiary/aromatic N) is 1. The minimum absolute atomic E-state index is 0.230. The standard InChI is InChI=1S/C13H15BrN2OS/c14-11-4-1-3-10(7-11)13-16-12(9-18-13)8-15-5-2-6-17/h1,3-4,7,9,15,17H,2,5-6,8H2. The summed E-state index contributed by atoms with van der Waals surface area (Å²) in [6.07, 6.45) is 0.780. The third-order valence-electron chi connectivity index (χ3n) is 2.44. The number of aliphatic hydroxyl groups excluding tert-OH is 1. The molecule has 0 unspecified atom stereocenters. The Kier molecular flexibility index (Phi) is 5.31. The van der Waals surface area contributed by atoms with Crippen molar-refractivity contribution in [1.82, 2.24) is 10.3 Å². The van der Waals surface area contributed by atoms with Crippen molar-refractivity contribution < 1.29 is 5.11 Å². The predicted octanol–water partition coefficient (Wildman–Crippen LogP) is 3.04. The van der Waals surface area contributed by atoms with E-state index in [-0.39, 0.29) is 6.61 Å². The molecule has 1 heterocycles. The molecule has 0 radical (unpaired) electrons. The molecule has 1 aromatic carbocycles. The fraction of sp³-hybridized carbons (Fsp3) is 0.308. The zero-order valence-corrected chi connectivity index (χ0v) is 12.3. The maximum absolute atomic E-state index is 8.68. The summed E-state index contributed by atoms with van der Waals surface area (Å²) in [5.74, 6) is 0. The number of thiazole rings is 1. The van der Waals surface area contributed by atoms with Crippen molar-refractivity contribution in [2.45, 2.75) is 13.0 Å². The molecule has 2 N–H and O–H groups in total. The van der Waals surface area contributed by atoms with Crippen LogP contribution in [-0.4, -0.2) is 23.2 Å². The van der Waals surface area contributed by atoms with E-state index in [1.165, 1.54) is 0 Å². The number of aliphatic hydroxyl groups is 1. The van der Waals surface area contributed by atoms with Gasteiger partial charge in [-0.3, -0.25) is 0 Å². The molecule has 0 aliphatic heterocycles. The molecule has 0 amide bonds. The van der Waals surface area contributed by atoms with Crippen LogP contribution in [0.25, 0.3) is 10.6 Å². The summed E-state index contributed by atoms with van der Waals surface area (Å²) in [6, 6.07) is 8.16. The Morgan fingerprint density at radius 3 is 3.06 bits per heavy atom. The first-order valence-electron chi connectivity index (χ1n) is 5.81. The van der Waals surface area contributed by atoms with Gasteiger partial charge in [0.2, 0.25) is 0 Å². The summed E-state index contributed by atoms with van der Waals surface area (Å²) >= 11 is 5.12. The van der Waals surface area contributed by atoms with Crippen molar-refractivity contribution >= 4 is 27.3 Å². The Bertz CT molecular complexity index is 501. The van der Waals surface area contributed by atoms with Gasteiger partial charge in [-0.1, -0.05) is 28.1 Å². The first kappa shape index (κ1) is 13.7. The first-order valence-corrected chi connectivity index (χ1v) is 7.49. The molecule has 0 aliphatic rings. The van der Waals surface area contributed by atoms with E-state index in [4.69, 9.17) is 5.11 Å². The topological polar surface area (TPSA) is 45.1 Å². The average Bonchev–Trinajstić information content (AvgIpc) is 2.83. The normalized spacial score (nSPS) is 10.8. The summed E-state index contributed by atoms with van der Waals surface area (Å²) in [5.41, 5.74) is 2.18. The van der Waals surface area contributed by atoms with E-state index in [9.17, 15) is 0 Å². The predicted molar refractivity (Wildman–Crippen MR) is 78.7 cm³/mol. The van der Waals surface area contributed by atoms with Crippen LogP contribution in [0.2, 0.25) is 0 Å². The van der Waals surface area contributed by atoms with E-state index in [0.717, 1.165) is 40.2 Å². The molecule has 2 aromatic rings. The molecule has 18 heavy (non-hydrogen) atoms. The number of aromatic nitrogens is 1.